The van der Waals surface area contributed by atoms with Crippen molar-refractivity contribution in [1.29, 1.82) is 0 Å². The molecule has 0 unspecified atom stereocenters. The number of amides is 2. The van der Waals surface area contributed by atoms with Crippen LogP contribution in [-0.2, 0) is 6.54 Å². The summed E-state index contributed by atoms with van der Waals surface area (Å²) in [6.07, 6.45) is 0. The molecule has 0 spiro atoms. The molecule has 0 fully saturated rings. The lowest BCUT2D eigenvalue weighted by Crippen LogP contribution is -2.30. The van der Waals surface area contributed by atoms with E-state index in [1.807, 2.05) is 0 Å². The zero-order valence-corrected chi connectivity index (χ0v) is 13.0. The van der Waals surface area contributed by atoms with Gasteiger partial charge < -0.3 is 4.42 Å². The molecule has 9 heteroatoms. The van der Waals surface area contributed by atoms with Crippen LogP contribution >= 0.6 is 0 Å². The van der Waals surface area contributed by atoms with Gasteiger partial charge in [0.1, 0.15) is 6.54 Å². The van der Waals surface area contributed by atoms with Gasteiger partial charge in [-0.3, -0.25) is 24.6 Å². The molecular formula is C17H9N3O6. The molecule has 0 saturated carbocycles. The first kappa shape index (κ1) is 15.6. The van der Waals surface area contributed by atoms with Crippen molar-refractivity contribution in [2.45, 2.75) is 6.54 Å². The number of nitro groups is 1. The van der Waals surface area contributed by atoms with Gasteiger partial charge in [0, 0.05) is 12.1 Å². The number of hydrogen-bond donors (Lipinski definition) is 0. The molecule has 1 aliphatic rings. The van der Waals surface area contributed by atoms with Crippen LogP contribution in [0.3, 0.4) is 0 Å². The lowest BCUT2D eigenvalue weighted by atomic mass is 10.1. The quantitative estimate of drug-likeness (QED) is 0.401. The Bertz CT molecular complexity index is 1170. The molecule has 2 amide bonds. The van der Waals surface area contributed by atoms with Crippen LogP contribution in [0.2, 0.25) is 0 Å². The fraction of sp³-hybridized carbons (Fsp3) is 0.0588. The number of fused-ring (bicyclic) bond motifs is 2. The number of carbonyl (C=O) groups excluding carboxylic acids is 2. The van der Waals surface area contributed by atoms with E-state index in [4.69, 9.17) is 4.42 Å². The first-order valence-electron chi connectivity index (χ1n) is 7.49. The Morgan fingerprint density at radius 3 is 2.54 bits per heavy atom. The van der Waals surface area contributed by atoms with Crippen molar-refractivity contribution in [2.75, 3.05) is 0 Å². The standard InChI is InChI=1S/C17H9N3O6/c21-15-10-6-5-9(20(24)25)7-12(10)16(22)19(15)8-14-18-13-4-2-1-3-11(13)17(23)26-14/h1-7H,8H2. The zero-order valence-electron chi connectivity index (χ0n) is 13.0. The summed E-state index contributed by atoms with van der Waals surface area (Å²) >= 11 is 0. The number of para-hydroxylation sites is 1. The van der Waals surface area contributed by atoms with Gasteiger partial charge in [-0.1, -0.05) is 12.1 Å². The maximum atomic E-state index is 12.5. The minimum Gasteiger partial charge on any atom is -0.406 e. The van der Waals surface area contributed by atoms with Gasteiger partial charge in [0.25, 0.3) is 17.5 Å². The molecule has 0 bridgehead atoms. The Hall–Kier alpha value is -3.88. The van der Waals surface area contributed by atoms with E-state index >= 15 is 0 Å². The van der Waals surface area contributed by atoms with Crippen LogP contribution in [0.5, 0.6) is 0 Å². The number of non-ortho nitro benzene ring substituents is 1. The number of imide groups is 1. The minimum absolute atomic E-state index is 0.0590. The Balaban J connectivity index is 1.71. The predicted octanol–water partition coefficient (Wildman–Crippen LogP) is 1.89. The largest absolute Gasteiger partial charge is 0.406 e. The van der Waals surface area contributed by atoms with Gasteiger partial charge in [0.15, 0.2) is 0 Å². The average molecular weight is 351 g/mol. The predicted molar refractivity (Wildman–Crippen MR) is 87.6 cm³/mol. The molecule has 0 aliphatic carbocycles. The van der Waals surface area contributed by atoms with Crippen molar-refractivity contribution in [3.63, 3.8) is 0 Å². The second-order valence-corrected chi connectivity index (χ2v) is 5.60. The normalized spacial score (nSPS) is 13.3. The number of rotatable bonds is 3. The van der Waals surface area contributed by atoms with Crippen molar-refractivity contribution >= 4 is 28.4 Å². The van der Waals surface area contributed by atoms with Gasteiger partial charge in [0.05, 0.1) is 27.0 Å². The Morgan fingerprint density at radius 2 is 1.77 bits per heavy atom. The van der Waals surface area contributed by atoms with Gasteiger partial charge in [-0.15, -0.1) is 0 Å². The summed E-state index contributed by atoms with van der Waals surface area (Å²) in [7, 11) is 0. The maximum absolute atomic E-state index is 12.5. The van der Waals surface area contributed by atoms with Crippen LogP contribution in [0, 0.1) is 10.1 Å². The summed E-state index contributed by atoms with van der Waals surface area (Å²) in [5.41, 5.74) is -0.540. The smallest absolute Gasteiger partial charge is 0.346 e. The van der Waals surface area contributed by atoms with Gasteiger partial charge in [-0.25, -0.2) is 9.78 Å². The third-order valence-corrected chi connectivity index (χ3v) is 4.04. The van der Waals surface area contributed by atoms with Crippen molar-refractivity contribution in [3.05, 3.63) is 80.0 Å². The molecule has 3 aromatic rings. The fourth-order valence-corrected chi connectivity index (χ4v) is 2.80. The number of nitro benzene ring substituents is 1. The Kier molecular flexibility index (Phi) is 3.36. The van der Waals surface area contributed by atoms with E-state index in [9.17, 15) is 24.5 Å². The van der Waals surface area contributed by atoms with Crippen LogP contribution in [0.4, 0.5) is 5.69 Å². The van der Waals surface area contributed by atoms with Crippen molar-refractivity contribution in [3.8, 4) is 0 Å². The third-order valence-electron chi connectivity index (χ3n) is 4.04. The van der Waals surface area contributed by atoms with E-state index in [0.717, 1.165) is 17.0 Å². The molecular weight excluding hydrogens is 342 g/mol. The van der Waals surface area contributed by atoms with Crippen LogP contribution in [0.25, 0.3) is 10.9 Å². The Morgan fingerprint density at radius 1 is 1.04 bits per heavy atom. The first-order chi connectivity index (χ1) is 12.5. The van der Waals surface area contributed by atoms with Crippen molar-refractivity contribution in [1.82, 2.24) is 9.88 Å². The minimum atomic E-state index is -0.702. The lowest BCUT2D eigenvalue weighted by molar-refractivity contribution is -0.384. The molecule has 128 valence electrons. The number of benzene rings is 2. The molecule has 26 heavy (non-hydrogen) atoms. The van der Waals surface area contributed by atoms with Crippen molar-refractivity contribution < 1.29 is 18.9 Å². The van der Waals surface area contributed by atoms with E-state index in [-0.39, 0.29) is 34.6 Å². The number of carbonyl (C=O) groups is 2. The summed E-state index contributed by atoms with van der Waals surface area (Å²) < 4.78 is 5.09. The molecule has 4 rings (SSSR count). The van der Waals surface area contributed by atoms with Gasteiger partial charge in [-0.05, 0) is 18.2 Å². The molecule has 1 aromatic heterocycles. The van der Waals surface area contributed by atoms with Crippen LogP contribution < -0.4 is 5.63 Å². The van der Waals surface area contributed by atoms with Crippen LogP contribution in [0.15, 0.2) is 51.7 Å². The molecule has 1 aliphatic heterocycles. The highest BCUT2D eigenvalue weighted by Gasteiger charge is 2.37. The summed E-state index contributed by atoms with van der Waals surface area (Å²) in [6.45, 7) is -0.347. The third kappa shape index (κ3) is 2.34. The second-order valence-electron chi connectivity index (χ2n) is 5.60. The highest BCUT2D eigenvalue weighted by atomic mass is 16.6. The lowest BCUT2D eigenvalue weighted by Gasteiger charge is -2.12. The molecule has 2 aromatic carbocycles. The SMILES string of the molecule is O=C1c2ccc([N+](=O)[O-])cc2C(=O)N1Cc1nc2ccccc2c(=O)o1. The summed E-state index contributed by atoms with van der Waals surface area (Å²) in [6, 6.07) is 9.97. The first-order valence-corrected chi connectivity index (χ1v) is 7.49. The highest BCUT2D eigenvalue weighted by Crippen LogP contribution is 2.27. The molecule has 0 saturated heterocycles. The fourth-order valence-electron chi connectivity index (χ4n) is 2.80. The molecule has 0 N–H and O–H groups in total. The zero-order chi connectivity index (χ0) is 18.4. The van der Waals surface area contributed by atoms with E-state index in [1.54, 1.807) is 24.3 Å². The molecule has 0 atom stereocenters. The van der Waals surface area contributed by atoms with E-state index in [1.165, 1.54) is 6.07 Å². The van der Waals surface area contributed by atoms with Gasteiger partial charge >= 0.3 is 5.63 Å². The molecule has 9 nitrogen and oxygen atoms in total. The summed E-state index contributed by atoms with van der Waals surface area (Å²) in [5, 5.41) is 11.1. The highest BCUT2D eigenvalue weighted by molar-refractivity contribution is 6.21. The van der Waals surface area contributed by atoms with Gasteiger partial charge in [-0.2, -0.15) is 0 Å². The average Bonchev–Trinajstić information content (AvgIpc) is 2.86. The molecule has 2 heterocycles. The summed E-state index contributed by atoms with van der Waals surface area (Å²) in [5.74, 6) is -1.43. The van der Waals surface area contributed by atoms with Crippen molar-refractivity contribution in [2.24, 2.45) is 0 Å². The van der Waals surface area contributed by atoms with Gasteiger partial charge in [0.2, 0.25) is 5.89 Å². The van der Waals surface area contributed by atoms with E-state index < -0.39 is 22.4 Å². The summed E-state index contributed by atoms with van der Waals surface area (Å²) in [4.78, 5) is 52.1. The van der Waals surface area contributed by atoms with E-state index in [0.29, 0.717) is 5.52 Å². The number of nitrogens with zero attached hydrogens (tertiary/aromatic N) is 3. The maximum Gasteiger partial charge on any atom is 0.346 e. The molecule has 0 radical (unpaired) electrons. The monoisotopic (exact) mass is 351 g/mol. The number of aromatic nitrogens is 1. The topological polar surface area (TPSA) is 124 Å². The van der Waals surface area contributed by atoms with E-state index in [2.05, 4.69) is 4.98 Å². The van der Waals surface area contributed by atoms with Crippen LogP contribution in [0.1, 0.15) is 26.6 Å². The van der Waals surface area contributed by atoms with Crippen LogP contribution in [-0.4, -0.2) is 26.6 Å². The Labute approximate surface area is 144 Å². The second kappa shape index (κ2) is 5.59. The number of hydrogen-bond acceptors (Lipinski definition) is 7.